The van der Waals surface area contributed by atoms with Gasteiger partial charge in [-0.15, -0.1) is 0 Å². The first-order valence-corrected chi connectivity index (χ1v) is 5.17. The lowest BCUT2D eigenvalue weighted by Crippen LogP contribution is -2.35. The molecule has 0 unspecified atom stereocenters. The highest BCUT2D eigenvalue weighted by molar-refractivity contribution is 5.42. The van der Waals surface area contributed by atoms with Crippen molar-refractivity contribution in [2.45, 2.75) is 32.0 Å². The molecule has 0 aliphatic heterocycles. The number of halogens is 3. The molecule has 1 aromatic rings. The van der Waals surface area contributed by atoms with E-state index in [1.54, 1.807) is 13.8 Å². The number of hydrogen-bond acceptors (Lipinski definition) is 2. The number of nitrogens with two attached hydrogens (primary N) is 1. The lowest BCUT2D eigenvalue weighted by Gasteiger charge is -2.23. The maximum atomic E-state index is 12.8. The van der Waals surface area contributed by atoms with Gasteiger partial charge >= 0.3 is 6.18 Å². The predicted octanol–water partition coefficient (Wildman–Crippen LogP) is 2.99. The van der Waals surface area contributed by atoms with Gasteiger partial charge in [-0.3, -0.25) is 0 Å². The minimum atomic E-state index is -4.39. The number of alkyl halides is 3. The third-order valence-corrected chi connectivity index (χ3v) is 2.29. The molecular formula is C12H16F3NO. The molecule has 2 nitrogen and oxygen atoms in total. The Morgan fingerprint density at radius 1 is 1.24 bits per heavy atom. The maximum absolute atomic E-state index is 12.8. The summed E-state index contributed by atoms with van der Waals surface area (Å²) < 4.78 is 43.5. The Bertz CT molecular complexity index is 394. The van der Waals surface area contributed by atoms with Gasteiger partial charge in [-0.25, -0.2) is 0 Å². The van der Waals surface area contributed by atoms with Crippen LogP contribution in [0.3, 0.4) is 0 Å². The van der Waals surface area contributed by atoms with Crippen LogP contribution in [0, 0.1) is 0 Å². The van der Waals surface area contributed by atoms with Crippen molar-refractivity contribution in [3.63, 3.8) is 0 Å². The van der Waals surface area contributed by atoms with Crippen LogP contribution in [0.5, 0.6) is 5.75 Å². The van der Waals surface area contributed by atoms with E-state index in [9.17, 15) is 13.2 Å². The molecule has 2 N–H and O–H groups in total. The zero-order valence-corrected chi connectivity index (χ0v) is 10.1. The highest BCUT2D eigenvalue weighted by Gasteiger charge is 2.35. The molecule has 0 aliphatic carbocycles. The predicted molar refractivity (Wildman–Crippen MR) is 60.0 cm³/mol. The Balaban J connectivity index is 3.31. The first kappa shape index (κ1) is 13.8. The zero-order chi connectivity index (χ0) is 13.3. The SMILES string of the molecule is COc1cccc(C(F)(F)F)c1CC(C)(C)N. The fourth-order valence-corrected chi connectivity index (χ4v) is 1.66. The van der Waals surface area contributed by atoms with E-state index < -0.39 is 17.3 Å². The average molecular weight is 247 g/mol. The summed E-state index contributed by atoms with van der Waals surface area (Å²) in [6.45, 7) is 3.36. The van der Waals surface area contributed by atoms with Crippen molar-refractivity contribution >= 4 is 0 Å². The number of hydrogen-bond donors (Lipinski definition) is 1. The van der Waals surface area contributed by atoms with Crippen LogP contribution >= 0.6 is 0 Å². The van der Waals surface area contributed by atoms with Crippen LogP contribution in [-0.4, -0.2) is 12.6 Å². The van der Waals surface area contributed by atoms with Crippen molar-refractivity contribution in [3.05, 3.63) is 29.3 Å². The zero-order valence-electron chi connectivity index (χ0n) is 10.1. The number of benzene rings is 1. The number of rotatable bonds is 3. The van der Waals surface area contributed by atoms with E-state index in [-0.39, 0.29) is 17.7 Å². The molecule has 0 aliphatic rings. The summed E-state index contributed by atoms with van der Waals surface area (Å²) in [6, 6.07) is 3.88. The molecule has 0 aromatic heterocycles. The molecule has 0 heterocycles. The van der Waals surface area contributed by atoms with Crippen LogP contribution in [0.1, 0.15) is 25.0 Å². The van der Waals surface area contributed by atoms with E-state index in [0.29, 0.717) is 0 Å². The van der Waals surface area contributed by atoms with Crippen molar-refractivity contribution < 1.29 is 17.9 Å². The lowest BCUT2D eigenvalue weighted by molar-refractivity contribution is -0.138. The Labute approximate surface area is 98.6 Å². The van der Waals surface area contributed by atoms with E-state index in [2.05, 4.69) is 0 Å². The van der Waals surface area contributed by atoms with Crippen molar-refractivity contribution in [1.29, 1.82) is 0 Å². The molecule has 0 radical (unpaired) electrons. The summed E-state index contributed by atoms with van der Waals surface area (Å²) in [5.41, 5.74) is 4.47. The van der Waals surface area contributed by atoms with Crippen LogP contribution in [0.4, 0.5) is 13.2 Å². The van der Waals surface area contributed by atoms with E-state index in [0.717, 1.165) is 6.07 Å². The van der Waals surface area contributed by atoms with Gasteiger partial charge in [-0.2, -0.15) is 13.2 Å². The molecule has 0 fully saturated rings. The summed E-state index contributed by atoms with van der Waals surface area (Å²) in [7, 11) is 1.35. The van der Waals surface area contributed by atoms with Crippen molar-refractivity contribution in [2.24, 2.45) is 5.73 Å². The summed E-state index contributed by atoms with van der Waals surface area (Å²) in [5, 5.41) is 0. The minimum absolute atomic E-state index is 0.103. The third kappa shape index (κ3) is 3.63. The van der Waals surface area contributed by atoms with Gasteiger partial charge in [0.25, 0.3) is 0 Å². The fraction of sp³-hybridized carbons (Fsp3) is 0.500. The summed E-state index contributed by atoms with van der Waals surface area (Å²) in [6.07, 6.45) is -4.29. The molecule has 0 atom stereocenters. The van der Waals surface area contributed by atoms with E-state index in [1.165, 1.54) is 19.2 Å². The molecule has 1 rings (SSSR count). The van der Waals surface area contributed by atoms with Gasteiger partial charge in [0.05, 0.1) is 12.7 Å². The smallest absolute Gasteiger partial charge is 0.416 e. The largest absolute Gasteiger partial charge is 0.496 e. The molecule has 0 saturated carbocycles. The summed E-state index contributed by atoms with van der Waals surface area (Å²) in [4.78, 5) is 0. The average Bonchev–Trinajstić information content (AvgIpc) is 2.13. The molecule has 0 saturated heterocycles. The minimum Gasteiger partial charge on any atom is -0.496 e. The lowest BCUT2D eigenvalue weighted by atomic mass is 9.92. The summed E-state index contributed by atoms with van der Waals surface area (Å²) in [5.74, 6) is 0.221. The van der Waals surface area contributed by atoms with E-state index in [1.807, 2.05) is 0 Å². The van der Waals surface area contributed by atoms with Crippen molar-refractivity contribution in [3.8, 4) is 5.75 Å². The van der Waals surface area contributed by atoms with E-state index >= 15 is 0 Å². The monoisotopic (exact) mass is 247 g/mol. The first-order valence-electron chi connectivity index (χ1n) is 5.17. The van der Waals surface area contributed by atoms with Crippen LogP contribution in [0.25, 0.3) is 0 Å². The molecule has 0 spiro atoms. The summed E-state index contributed by atoms with van der Waals surface area (Å²) >= 11 is 0. The highest BCUT2D eigenvalue weighted by atomic mass is 19.4. The van der Waals surface area contributed by atoms with E-state index in [4.69, 9.17) is 10.5 Å². The highest BCUT2D eigenvalue weighted by Crippen LogP contribution is 2.37. The second-order valence-electron chi connectivity index (χ2n) is 4.65. The molecular weight excluding hydrogens is 231 g/mol. The van der Waals surface area contributed by atoms with Crippen LogP contribution in [-0.2, 0) is 12.6 Å². The Morgan fingerprint density at radius 3 is 2.24 bits per heavy atom. The number of methoxy groups -OCH3 is 1. The Kier molecular flexibility index (Phi) is 3.71. The molecule has 17 heavy (non-hydrogen) atoms. The Morgan fingerprint density at radius 2 is 1.82 bits per heavy atom. The standard InChI is InChI=1S/C12H16F3NO/c1-11(2,16)7-8-9(12(13,14)15)5-4-6-10(8)17-3/h4-6H,7,16H2,1-3H3. The molecule has 96 valence electrons. The second-order valence-corrected chi connectivity index (χ2v) is 4.65. The fourth-order valence-electron chi connectivity index (χ4n) is 1.66. The molecule has 1 aromatic carbocycles. The quantitative estimate of drug-likeness (QED) is 0.891. The van der Waals surface area contributed by atoms with Crippen molar-refractivity contribution in [1.82, 2.24) is 0 Å². The maximum Gasteiger partial charge on any atom is 0.416 e. The molecule has 0 amide bonds. The van der Waals surface area contributed by atoms with Crippen molar-refractivity contribution in [2.75, 3.05) is 7.11 Å². The van der Waals surface area contributed by atoms with Gasteiger partial charge in [0.2, 0.25) is 0 Å². The molecule has 5 heteroatoms. The van der Waals surface area contributed by atoms with Gasteiger partial charge < -0.3 is 10.5 Å². The Hall–Kier alpha value is -1.23. The molecule has 0 bridgehead atoms. The number of ether oxygens (including phenoxy) is 1. The van der Waals surface area contributed by atoms with Gasteiger partial charge in [0.1, 0.15) is 5.75 Å². The van der Waals surface area contributed by atoms with Gasteiger partial charge in [-0.1, -0.05) is 6.07 Å². The second kappa shape index (κ2) is 4.56. The normalized spacial score (nSPS) is 12.6. The van der Waals surface area contributed by atoms with Crippen LogP contribution in [0.15, 0.2) is 18.2 Å². The topological polar surface area (TPSA) is 35.2 Å². The van der Waals surface area contributed by atoms with Crippen LogP contribution in [0.2, 0.25) is 0 Å². The third-order valence-electron chi connectivity index (χ3n) is 2.29. The van der Waals surface area contributed by atoms with Crippen LogP contribution < -0.4 is 10.5 Å². The van der Waals surface area contributed by atoms with Gasteiger partial charge in [0, 0.05) is 11.1 Å². The first-order chi connectivity index (χ1) is 7.65. The van der Waals surface area contributed by atoms with Gasteiger partial charge in [-0.05, 0) is 32.4 Å². The van der Waals surface area contributed by atoms with Gasteiger partial charge in [0.15, 0.2) is 0 Å².